The van der Waals surface area contributed by atoms with Crippen molar-refractivity contribution in [1.82, 2.24) is 9.97 Å². The van der Waals surface area contributed by atoms with E-state index in [1.807, 2.05) is 18.2 Å². The molecule has 1 unspecified atom stereocenters. The van der Waals surface area contributed by atoms with Gasteiger partial charge in [0, 0.05) is 5.56 Å². The Balaban J connectivity index is 2.07. The Bertz CT molecular complexity index is 740. The van der Waals surface area contributed by atoms with Crippen LogP contribution in [-0.2, 0) is 0 Å². The standard InChI is InChI=1S/C14H12N2O3/c1-8(18)14-15-11-4-2-9(6-12(11)16-14)13-5-3-10(7-17)19-13/h2-8,18H,1H3,(H,15,16). The van der Waals surface area contributed by atoms with Gasteiger partial charge in [0.1, 0.15) is 17.7 Å². The number of carbonyl (C=O) groups excluding carboxylic acids is 1. The number of carbonyl (C=O) groups is 1. The third-order valence-electron chi connectivity index (χ3n) is 2.92. The molecule has 1 atom stereocenters. The van der Waals surface area contributed by atoms with Crippen LogP contribution in [0.15, 0.2) is 34.7 Å². The summed E-state index contributed by atoms with van der Waals surface area (Å²) in [6, 6.07) is 8.96. The second-order valence-corrected chi connectivity index (χ2v) is 4.35. The molecule has 2 heterocycles. The zero-order chi connectivity index (χ0) is 13.4. The normalized spacial score (nSPS) is 12.7. The van der Waals surface area contributed by atoms with E-state index in [4.69, 9.17) is 4.42 Å². The molecule has 0 bridgehead atoms. The van der Waals surface area contributed by atoms with Crippen LogP contribution in [0.3, 0.4) is 0 Å². The van der Waals surface area contributed by atoms with Gasteiger partial charge in [-0.15, -0.1) is 0 Å². The van der Waals surface area contributed by atoms with Gasteiger partial charge in [0.15, 0.2) is 12.0 Å². The Hall–Kier alpha value is -2.40. The average molecular weight is 256 g/mol. The maximum atomic E-state index is 10.6. The second kappa shape index (κ2) is 4.37. The van der Waals surface area contributed by atoms with Gasteiger partial charge in [-0.05, 0) is 37.3 Å². The summed E-state index contributed by atoms with van der Waals surface area (Å²) in [5, 5.41) is 9.50. The topological polar surface area (TPSA) is 79.1 Å². The highest BCUT2D eigenvalue weighted by molar-refractivity contribution is 5.81. The molecule has 2 N–H and O–H groups in total. The van der Waals surface area contributed by atoms with Crippen molar-refractivity contribution in [3.8, 4) is 11.3 Å². The molecule has 0 saturated carbocycles. The predicted molar refractivity (Wildman–Crippen MR) is 69.8 cm³/mol. The molecule has 0 saturated heterocycles. The maximum absolute atomic E-state index is 10.6. The van der Waals surface area contributed by atoms with Gasteiger partial charge < -0.3 is 14.5 Å². The van der Waals surface area contributed by atoms with E-state index in [1.54, 1.807) is 19.1 Å². The molecule has 1 aromatic carbocycles. The highest BCUT2D eigenvalue weighted by Gasteiger charge is 2.10. The summed E-state index contributed by atoms with van der Waals surface area (Å²) in [4.78, 5) is 17.9. The first-order chi connectivity index (χ1) is 9.17. The molecule has 0 fully saturated rings. The molecule has 0 amide bonds. The number of benzene rings is 1. The number of nitrogens with one attached hydrogen (secondary N) is 1. The number of imidazole rings is 1. The van der Waals surface area contributed by atoms with Crippen LogP contribution in [0.1, 0.15) is 29.4 Å². The molecule has 0 aliphatic carbocycles. The molecule has 5 nitrogen and oxygen atoms in total. The summed E-state index contributed by atoms with van der Waals surface area (Å²) in [6.45, 7) is 1.65. The molecule has 3 aromatic rings. The van der Waals surface area contributed by atoms with Crippen LogP contribution < -0.4 is 0 Å². The Morgan fingerprint density at radius 1 is 1.37 bits per heavy atom. The van der Waals surface area contributed by atoms with Crippen LogP contribution in [0.4, 0.5) is 0 Å². The minimum atomic E-state index is -0.638. The number of nitrogens with zero attached hydrogens (tertiary/aromatic N) is 1. The van der Waals surface area contributed by atoms with Crippen LogP contribution in [0.2, 0.25) is 0 Å². The molecular weight excluding hydrogens is 244 g/mol. The van der Waals surface area contributed by atoms with E-state index in [1.165, 1.54) is 0 Å². The molecular formula is C14H12N2O3. The van der Waals surface area contributed by atoms with Crippen LogP contribution in [0.25, 0.3) is 22.4 Å². The number of fused-ring (bicyclic) bond motifs is 1. The van der Waals surface area contributed by atoms with Crippen LogP contribution in [-0.4, -0.2) is 21.4 Å². The lowest BCUT2D eigenvalue weighted by molar-refractivity contribution is 0.110. The maximum Gasteiger partial charge on any atom is 0.185 e. The molecule has 2 aromatic heterocycles. The summed E-state index contributed by atoms with van der Waals surface area (Å²) in [6.07, 6.45) is 0.0326. The zero-order valence-electron chi connectivity index (χ0n) is 10.3. The summed E-state index contributed by atoms with van der Waals surface area (Å²) in [7, 11) is 0. The van der Waals surface area contributed by atoms with Crippen molar-refractivity contribution >= 4 is 17.3 Å². The first-order valence-electron chi connectivity index (χ1n) is 5.90. The molecule has 3 rings (SSSR count). The minimum Gasteiger partial charge on any atom is -0.453 e. The van der Waals surface area contributed by atoms with Gasteiger partial charge in [0.2, 0.25) is 0 Å². The third kappa shape index (κ3) is 2.04. The van der Waals surface area contributed by atoms with Gasteiger partial charge in [0.05, 0.1) is 11.0 Å². The SMILES string of the molecule is CC(O)c1nc2ccc(-c3ccc(C=O)o3)cc2[nH]1. The first-order valence-corrected chi connectivity index (χ1v) is 5.90. The average Bonchev–Trinajstić information content (AvgIpc) is 3.04. The third-order valence-corrected chi connectivity index (χ3v) is 2.92. The lowest BCUT2D eigenvalue weighted by atomic mass is 10.1. The number of furan rings is 1. The van der Waals surface area contributed by atoms with E-state index in [0.717, 1.165) is 16.6 Å². The fourth-order valence-electron chi connectivity index (χ4n) is 1.95. The molecule has 96 valence electrons. The number of hydrogen-bond donors (Lipinski definition) is 2. The highest BCUT2D eigenvalue weighted by Crippen LogP contribution is 2.25. The van der Waals surface area contributed by atoms with Gasteiger partial charge in [-0.1, -0.05) is 0 Å². The Morgan fingerprint density at radius 3 is 2.89 bits per heavy atom. The molecule has 0 aliphatic heterocycles. The van der Waals surface area contributed by atoms with Crippen LogP contribution in [0, 0.1) is 0 Å². The monoisotopic (exact) mass is 256 g/mol. The molecule has 5 heteroatoms. The predicted octanol–water partition coefficient (Wildman–Crippen LogP) is 2.69. The fraction of sp³-hybridized carbons (Fsp3) is 0.143. The summed E-state index contributed by atoms with van der Waals surface area (Å²) < 4.78 is 5.37. The van der Waals surface area contributed by atoms with Gasteiger partial charge >= 0.3 is 0 Å². The van der Waals surface area contributed by atoms with E-state index in [9.17, 15) is 9.90 Å². The second-order valence-electron chi connectivity index (χ2n) is 4.35. The van der Waals surface area contributed by atoms with Crippen molar-refractivity contribution in [2.75, 3.05) is 0 Å². The van der Waals surface area contributed by atoms with E-state index < -0.39 is 6.10 Å². The largest absolute Gasteiger partial charge is 0.453 e. The Morgan fingerprint density at radius 2 is 2.21 bits per heavy atom. The lowest BCUT2D eigenvalue weighted by Gasteiger charge is -1.96. The summed E-state index contributed by atoms with van der Waals surface area (Å²) >= 11 is 0. The van der Waals surface area contributed by atoms with Crippen molar-refractivity contribution in [3.63, 3.8) is 0 Å². The van der Waals surface area contributed by atoms with Crippen LogP contribution in [0.5, 0.6) is 0 Å². The number of aldehydes is 1. The van der Waals surface area contributed by atoms with Crippen molar-refractivity contribution in [2.24, 2.45) is 0 Å². The van der Waals surface area contributed by atoms with Gasteiger partial charge in [-0.2, -0.15) is 0 Å². The van der Waals surface area contributed by atoms with Crippen molar-refractivity contribution in [2.45, 2.75) is 13.0 Å². The smallest absolute Gasteiger partial charge is 0.185 e. The minimum absolute atomic E-state index is 0.296. The number of aromatic nitrogens is 2. The van der Waals surface area contributed by atoms with Crippen molar-refractivity contribution < 1.29 is 14.3 Å². The zero-order valence-corrected chi connectivity index (χ0v) is 10.3. The Labute approximate surface area is 108 Å². The summed E-state index contributed by atoms with van der Waals surface area (Å²) in [5.41, 5.74) is 2.45. The number of H-pyrrole nitrogens is 1. The van der Waals surface area contributed by atoms with Crippen molar-refractivity contribution in [1.29, 1.82) is 0 Å². The Kier molecular flexibility index (Phi) is 2.68. The number of hydrogen-bond acceptors (Lipinski definition) is 4. The van der Waals surface area contributed by atoms with E-state index in [2.05, 4.69) is 9.97 Å². The highest BCUT2D eigenvalue weighted by atomic mass is 16.3. The van der Waals surface area contributed by atoms with Gasteiger partial charge in [-0.25, -0.2) is 4.98 Å². The van der Waals surface area contributed by atoms with Gasteiger partial charge in [-0.3, -0.25) is 4.79 Å². The number of rotatable bonds is 3. The quantitative estimate of drug-likeness (QED) is 0.706. The van der Waals surface area contributed by atoms with Gasteiger partial charge in [0.25, 0.3) is 0 Å². The fourth-order valence-corrected chi connectivity index (χ4v) is 1.95. The van der Waals surface area contributed by atoms with E-state index >= 15 is 0 Å². The van der Waals surface area contributed by atoms with E-state index in [0.29, 0.717) is 23.6 Å². The van der Waals surface area contributed by atoms with Crippen LogP contribution >= 0.6 is 0 Å². The number of aliphatic hydroxyl groups is 1. The number of aliphatic hydroxyl groups excluding tert-OH is 1. The first kappa shape index (κ1) is 11.7. The van der Waals surface area contributed by atoms with Crippen molar-refractivity contribution in [3.05, 3.63) is 41.9 Å². The van der Waals surface area contributed by atoms with E-state index in [-0.39, 0.29) is 0 Å². The molecule has 0 radical (unpaired) electrons. The molecule has 0 spiro atoms. The lowest BCUT2D eigenvalue weighted by Crippen LogP contribution is -1.92. The summed E-state index contributed by atoms with van der Waals surface area (Å²) in [5.74, 6) is 1.45. The molecule has 0 aliphatic rings. The number of aromatic amines is 1. The molecule has 19 heavy (non-hydrogen) atoms.